The molecule has 0 aromatic carbocycles. The van der Waals surface area contributed by atoms with Crippen LogP contribution in [0.15, 0.2) is 0 Å². The fourth-order valence-corrected chi connectivity index (χ4v) is 3.71. The summed E-state index contributed by atoms with van der Waals surface area (Å²) in [4.78, 5) is 16.7. The van der Waals surface area contributed by atoms with Crippen LogP contribution < -0.4 is 5.32 Å². The molecular formula is C20H37N5O. The molecule has 1 heterocycles. The highest BCUT2D eigenvalue weighted by molar-refractivity contribution is 5.93. The third-order valence-electron chi connectivity index (χ3n) is 5.25. The molecule has 148 valence electrons. The average Bonchev–Trinajstić information content (AvgIpc) is 2.95. The second-order valence-electron chi connectivity index (χ2n) is 7.97. The van der Waals surface area contributed by atoms with Crippen molar-refractivity contribution in [2.24, 2.45) is 5.92 Å². The molecule has 6 nitrogen and oxygen atoms in total. The lowest BCUT2D eigenvalue weighted by atomic mass is 9.91. The predicted octanol–water partition coefficient (Wildman–Crippen LogP) is 2.03. The van der Waals surface area contributed by atoms with E-state index in [0.29, 0.717) is 17.7 Å². The van der Waals surface area contributed by atoms with Gasteiger partial charge in [0.2, 0.25) is 0 Å². The number of aromatic nitrogens is 2. The van der Waals surface area contributed by atoms with Crippen molar-refractivity contribution < 1.29 is 4.79 Å². The fourth-order valence-electron chi connectivity index (χ4n) is 3.71. The molecule has 0 saturated carbocycles. The molecule has 0 radical (unpaired) electrons. The van der Waals surface area contributed by atoms with Crippen LogP contribution in [0.1, 0.15) is 55.9 Å². The summed E-state index contributed by atoms with van der Waals surface area (Å²) in [6.07, 6.45) is 3.02. The minimum absolute atomic E-state index is 0.0209. The number of fused-ring (bicyclic) bond motifs is 1. The van der Waals surface area contributed by atoms with Gasteiger partial charge in [0.05, 0.1) is 0 Å². The summed E-state index contributed by atoms with van der Waals surface area (Å²) in [6.45, 7) is 13.9. The van der Waals surface area contributed by atoms with E-state index in [-0.39, 0.29) is 5.91 Å². The van der Waals surface area contributed by atoms with Crippen molar-refractivity contribution in [3.63, 3.8) is 0 Å². The van der Waals surface area contributed by atoms with E-state index >= 15 is 0 Å². The number of nitrogens with zero attached hydrogens (tertiary/aromatic N) is 4. The van der Waals surface area contributed by atoms with Crippen molar-refractivity contribution in [1.29, 1.82) is 0 Å². The topological polar surface area (TPSA) is 53.4 Å². The first-order chi connectivity index (χ1) is 12.4. The van der Waals surface area contributed by atoms with Crippen LogP contribution in [-0.2, 0) is 19.4 Å². The lowest BCUT2D eigenvalue weighted by molar-refractivity contribution is 0.0819. The number of nitrogens with one attached hydrogen (secondary N) is 1. The number of hydrogen-bond acceptors (Lipinski definition) is 4. The van der Waals surface area contributed by atoms with Crippen LogP contribution in [0.5, 0.6) is 0 Å². The predicted molar refractivity (Wildman–Crippen MR) is 107 cm³/mol. The largest absolute Gasteiger partial charge is 0.343 e. The minimum Gasteiger partial charge on any atom is -0.343 e. The molecule has 1 aliphatic rings. The van der Waals surface area contributed by atoms with E-state index in [1.54, 1.807) is 19.0 Å². The maximum absolute atomic E-state index is 12.6. The molecular weight excluding hydrogens is 326 g/mol. The van der Waals surface area contributed by atoms with Gasteiger partial charge in [-0.3, -0.25) is 9.48 Å². The van der Waals surface area contributed by atoms with Crippen LogP contribution >= 0.6 is 0 Å². The van der Waals surface area contributed by atoms with Crippen molar-refractivity contribution in [3.05, 3.63) is 17.0 Å². The summed E-state index contributed by atoms with van der Waals surface area (Å²) in [6, 6.07) is 0.434. The summed E-state index contributed by atoms with van der Waals surface area (Å²) in [5.41, 5.74) is 3.09. The van der Waals surface area contributed by atoms with E-state index < -0.39 is 0 Å². The highest BCUT2D eigenvalue weighted by atomic mass is 16.2. The van der Waals surface area contributed by atoms with Gasteiger partial charge < -0.3 is 15.1 Å². The lowest BCUT2D eigenvalue weighted by Crippen LogP contribution is -2.40. The molecule has 26 heavy (non-hydrogen) atoms. The molecule has 1 N–H and O–H groups in total. The zero-order chi connectivity index (χ0) is 19.3. The Morgan fingerprint density at radius 3 is 2.58 bits per heavy atom. The molecule has 1 amide bonds. The minimum atomic E-state index is 0.0209. The number of hydrogen-bond donors (Lipinski definition) is 1. The molecule has 0 bridgehead atoms. The standard InChI is InChI=1S/C20H37N5O/c1-7-24(8-2)12-11-21-16-9-10-18-17(13-16)19(20(26)23(5)6)22-25(18)14-15(3)4/h15-16,21H,7-14H2,1-6H3/t16-/m1/s1. The van der Waals surface area contributed by atoms with Gasteiger partial charge in [-0.15, -0.1) is 0 Å². The lowest BCUT2D eigenvalue weighted by Gasteiger charge is -2.26. The highest BCUT2D eigenvalue weighted by Crippen LogP contribution is 2.26. The van der Waals surface area contributed by atoms with Crippen molar-refractivity contribution in [3.8, 4) is 0 Å². The summed E-state index contributed by atoms with van der Waals surface area (Å²) < 4.78 is 2.09. The average molecular weight is 364 g/mol. The monoisotopic (exact) mass is 363 g/mol. The number of amides is 1. The van der Waals surface area contributed by atoms with Crippen LogP contribution in [0.3, 0.4) is 0 Å². The maximum atomic E-state index is 12.6. The van der Waals surface area contributed by atoms with Crippen LogP contribution in [0.4, 0.5) is 0 Å². The zero-order valence-electron chi connectivity index (χ0n) is 17.5. The molecule has 0 unspecified atom stereocenters. The molecule has 0 aliphatic heterocycles. The Balaban J connectivity index is 2.11. The first-order valence-corrected chi connectivity index (χ1v) is 10.1. The maximum Gasteiger partial charge on any atom is 0.274 e. The van der Waals surface area contributed by atoms with Gasteiger partial charge in [0.1, 0.15) is 0 Å². The van der Waals surface area contributed by atoms with E-state index in [4.69, 9.17) is 5.10 Å². The van der Waals surface area contributed by atoms with Gasteiger partial charge in [-0.2, -0.15) is 5.10 Å². The summed E-state index contributed by atoms with van der Waals surface area (Å²) in [7, 11) is 3.61. The van der Waals surface area contributed by atoms with E-state index in [1.165, 1.54) is 5.69 Å². The Hall–Kier alpha value is -1.40. The summed E-state index contributed by atoms with van der Waals surface area (Å²) in [5, 5.41) is 8.42. The summed E-state index contributed by atoms with van der Waals surface area (Å²) in [5.74, 6) is 0.541. The zero-order valence-corrected chi connectivity index (χ0v) is 17.5. The van der Waals surface area contributed by atoms with Crippen molar-refractivity contribution in [2.75, 3.05) is 40.3 Å². The Morgan fingerprint density at radius 2 is 2.00 bits per heavy atom. The molecule has 1 aromatic rings. The molecule has 2 rings (SSSR count). The van der Waals surface area contributed by atoms with Gasteiger partial charge in [0.15, 0.2) is 5.69 Å². The third-order valence-corrected chi connectivity index (χ3v) is 5.25. The second kappa shape index (κ2) is 9.51. The Morgan fingerprint density at radius 1 is 1.31 bits per heavy atom. The Labute approximate surface area is 158 Å². The van der Waals surface area contributed by atoms with E-state index in [9.17, 15) is 4.79 Å². The van der Waals surface area contributed by atoms with Crippen LogP contribution in [-0.4, -0.2) is 71.8 Å². The molecule has 0 fully saturated rings. The molecule has 0 saturated heterocycles. The van der Waals surface area contributed by atoms with E-state index in [1.807, 2.05) is 0 Å². The number of carbonyl (C=O) groups excluding carboxylic acids is 1. The molecule has 6 heteroatoms. The molecule has 1 atom stereocenters. The quantitative estimate of drug-likeness (QED) is 0.729. The first kappa shape index (κ1) is 20.9. The number of rotatable bonds is 9. The van der Waals surface area contributed by atoms with Crippen LogP contribution in [0.2, 0.25) is 0 Å². The van der Waals surface area contributed by atoms with E-state index in [2.05, 4.69) is 42.6 Å². The van der Waals surface area contributed by atoms with Gasteiger partial charge in [-0.05, 0) is 38.3 Å². The van der Waals surface area contributed by atoms with Gasteiger partial charge in [0, 0.05) is 51.0 Å². The van der Waals surface area contributed by atoms with Gasteiger partial charge in [-0.1, -0.05) is 27.7 Å². The number of carbonyl (C=O) groups is 1. The second-order valence-corrected chi connectivity index (χ2v) is 7.97. The van der Waals surface area contributed by atoms with Gasteiger partial charge >= 0.3 is 0 Å². The Bertz CT molecular complexity index is 589. The third kappa shape index (κ3) is 5.07. The fraction of sp³-hybridized carbons (Fsp3) is 0.800. The highest BCUT2D eigenvalue weighted by Gasteiger charge is 2.29. The van der Waals surface area contributed by atoms with Crippen molar-refractivity contribution >= 4 is 5.91 Å². The smallest absolute Gasteiger partial charge is 0.274 e. The normalized spacial score (nSPS) is 17.0. The molecule has 1 aliphatic carbocycles. The summed E-state index contributed by atoms with van der Waals surface area (Å²) >= 11 is 0. The van der Waals surface area contributed by atoms with Crippen LogP contribution in [0.25, 0.3) is 0 Å². The molecule has 1 aromatic heterocycles. The van der Waals surface area contributed by atoms with Gasteiger partial charge in [-0.25, -0.2) is 0 Å². The van der Waals surface area contributed by atoms with Gasteiger partial charge in [0.25, 0.3) is 5.91 Å². The van der Waals surface area contributed by atoms with Crippen molar-refractivity contribution in [2.45, 2.75) is 59.5 Å². The molecule has 0 spiro atoms. The van der Waals surface area contributed by atoms with E-state index in [0.717, 1.165) is 57.5 Å². The first-order valence-electron chi connectivity index (χ1n) is 10.1. The SMILES string of the molecule is CCN(CC)CCN[C@@H]1CCc2c(c(C(=O)N(C)C)nn2CC(C)C)C1. The van der Waals surface area contributed by atoms with Crippen molar-refractivity contribution in [1.82, 2.24) is 24.9 Å². The Kier molecular flexibility index (Phi) is 7.65. The number of likely N-dealkylation sites (N-methyl/N-ethyl adjacent to an activating group) is 1. The van der Waals surface area contributed by atoms with Crippen LogP contribution in [0, 0.1) is 5.92 Å².